The Bertz CT molecular complexity index is 351. The zero-order chi connectivity index (χ0) is 11.5. The van der Waals surface area contributed by atoms with Gasteiger partial charge in [-0.3, -0.25) is 0 Å². The van der Waals surface area contributed by atoms with Crippen LogP contribution in [0, 0.1) is 0 Å². The summed E-state index contributed by atoms with van der Waals surface area (Å²) in [6.07, 6.45) is 0. The van der Waals surface area contributed by atoms with Crippen molar-refractivity contribution in [3.8, 4) is 5.75 Å². The Balaban J connectivity index is 2.68. The molecule has 1 aromatic rings. The maximum atomic E-state index is 12.3. The number of amides is 2. The Morgan fingerprint density at radius 1 is 1.40 bits per heavy atom. The molecule has 1 aromatic carbocycles. The number of carbonyl (C=O) groups excluding carboxylic acids is 1. The van der Waals surface area contributed by atoms with Gasteiger partial charge in [0.1, 0.15) is 5.75 Å². The van der Waals surface area contributed by atoms with Crippen LogP contribution in [-0.4, -0.2) is 11.0 Å². The fraction of sp³-hybridized carbons (Fsp3) is 0.125. The minimum absolute atomic E-state index is 0.0353. The van der Waals surface area contributed by atoms with E-state index < -0.39 is 11.0 Å². The van der Waals surface area contributed by atoms with Crippen LogP contribution >= 0.6 is 15.9 Å². The molecule has 15 heavy (non-hydrogen) atoms. The van der Waals surface area contributed by atoms with Crippen molar-refractivity contribution in [2.24, 2.45) is 5.73 Å². The fourth-order valence-electron chi connectivity index (χ4n) is 0.882. The highest BCUT2D eigenvalue weighted by molar-refractivity contribution is 9.09. The summed E-state index contributed by atoms with van der Waals surface area (Å²) >= 11 is 2.03. The van der Waals surface area contributed by atoms with E-state index in [0.717, 1.165) is 0 Å². The molecule has 0 spiro atoms. The van der Waals surface area contributed by atoms with E-state index >= 15 is 0 Å². The first-order valence-corrected chi connectivity index (χ1v) is 4.58. The van der Waals surface area contributed by atoms with Gasteiger partial charge in [-0.25, -0.2) is 4.79 Å². The van der Waals surface area contributed by atoms with E-state index in [9.17, 15) is 13.6 Å². The number of nitrogens with one attached hydrogen (secondary N) is 1. The van der Waals surface area contributed by atoms with Gasteiger partial charge in [0.05, 0.1) is 0 Å². The van der Waals surface area contributed by atoms with Gasteiger partial charge in [0.15, 0.2) is 0 Å². The van der Waals surface area contributed by atoms with Crippen molar-refractivity contribution in [2.75, 3.05) is 5.32 Å². The Kier molecular flexibility index (Phi) is 3.46. The number of urea groups is 1. The van der Waals surface area contributed by atoms with Gasteiger partial charge < -0.3 is 15.8 Å². The van der Waals surface area contributed by atoms with Crippen LogP contribution in [0.4, 0.5) is 19.3 Å². The summed E-state index contributed by atoms with van der Waals surface area (Å²) in [5, 5.41) is -1.13. The molecule has 0 aliphatic carbocycles. The van der Waals surface area contributed by atoms with Gasteiger partial charge in [0, 0.05) is 21.6 Å². The number of hydrogen-bond donors (Lipinski definition) is 2. The SMILES string of the molecule is NC(=O)Nc1ccc(OC(F)(F)Br)cc1. The second-order valence-corrected chi connectivity index (χ2v) is 3.48. The molecule has 0 saturated carbocycles. The molecular weight excluding hydrogens is 274 g/mol. The highest BCUT2D eigenvalue weighted by atomic mass is 79.9. The summed E-state index contributed by atoms with van der Waals surface area (Å²) < 4.78 is 28.8. The maximum absolute atomic E-state index is 12.3. The molecule has 82 valence electrons. The van der Waals surface area contributed by atoms with Crippen molar-refractivity contribution in [1.29, 1.82) is 0 Å². The standard InChI is InChI=1S/C8H7BrF2N2O2/c9-8(10,11)15-6-3-1-5(2-4-6)13-7(12)14/h1-4H,(H3,12,13,14). The van der Waals surface area contributed by atoms with Crippen LogP contribution in [0.25, 0.3) is 0 Å². The number of alkyl halides is 3. The minimum atomic E-state index is -3.41. The largest absolute Gasteiger partial charge is 0.459 e. The maximum Gasteiger partial charge on any atom is 0.459 e. The Morgan fingerprint density at radius 3 is 2.33 bits per heavy atom. The zero-order valence-corrected chi connectivity index (χ0v) is 8.92. The van der Waals surface area contributed by atoms with Crippen molar-refractivity contribution >= 4 is 27.6 Å². The number of anilines is 1. The molecule has 1 rings (SSSR count). The van der Waals surface area contributed by atoms with Crippen LogP contribution in [0.5, 0.6) is 5.75 Å². The van der Waals surface area contributed by atoms with Crippen LogP contribution in [0.3, 0.4) is 0 Å². The van der Waals surface area contributed by atoms with E-state index in [1.54, 1.807) is 0 Å². The van der Waals surface area contributed by atoms with E-state index in [-0.39, 0.29) is 5.75 Å². The van der Waals surface area contributed by atoms with Gasteiger partial charge in [-0.05, 0) is 24.3 Å². The molecule has 0 aliphatic heterocycles. The van der Waals surface area contributed by atoms with Gasteiger partial charge in [-0.1, -0.05) is 0 Å². The van der Waals surface area contributed by atoms with Gasteiger partial charge in [-0.2, -0.15) is 8.78 Å². The number of primary amides is 1. The highest BCUT2D eigenvalue weighted by Gasteiger charge is 2.26. The molecular formula is C8H7BrF2N2O2. The molecule has 3 N–H and O–H groups in total. The normalized spacial score (nSPS) is 10.9. The van der Waals surface area contributed by atoms with E-state index in [1.165, 1.54) is 24.3 Å². The minimum Gasteiger partial charge on any atom is -0.424 e. The number of carbonyl (C=O) groups is 1. The summed E-state index contributed by atoms with van der Waals surface area (Å²) in [5.74, 6) is -0.0353. The molecule has 2 amide bonds. The lowest BCUT2D eigenvalue weighted by molar-refractivity contribution is -0.0802. The zero-order valence-electron chi connectivity index (χ0n) is 7.34. The van der Waals surface area contributed by atoms with Crippen LogP contribution in [0.1, 0.15) is 0 Å². The fourth-order valence-corrected chi connectivity index (χ4v) is 1.07. The molecule has 0 fully saturated rings. The van der Waals surface area contributed by atoms with E-state index in [2.05, 4.69) is 10.1 Å². The molecule has 0 atom stereocenters. The first-order chi connectivity index (χ1) is 6.87. The van der Waals surface area contributed by atoms with Gasteiger partial charge >= 0.3 is 11.0 Å². The third kappa shape index (κ3) is 4.59. The van der Waals surface area contributed by atoms with Crippen molar-refractivity contribution in [3.63, 3.8) is 0 Å². The van der Waals surface area contributed by atoms with Crippen molar-refractivity contribution in [2.45, 2.75) is 5.02 Å². The molecule has 7 heteroatoms. The molecule has 0 heterocycles. The van der Waals surface area contributed by atoms with Crippen molar-refractivity contribution in [1.82, 2.24) is 0 Å². The van der Waals surface area contributed by atoms with Gasteiger partial charge in [-0.15, -0.1) is 0 Å². The Hall–Kier alpha value is -1.37. The van der Waals surface area contributed by atoms with Crippen molar-refractivity contribution < 1.29 is 18.3 Å². The number of halogens is 3. The van der Waals surface area contributed by atoms with Crippen molar-refractivity contribution in [3.05, 3.63) is 24.3 Å². The quantitative estimate of drug-likeness (QED) is 0.836. The number of hydrogen-bond acceptors (Lipinski definition) is 2. The smallest absolute Gasteiger partial charge is 0.424 e. The Labute approximate surface area is 92.5 Å². The molecule has 0 bridgehead atoms. The number of benzene rings is 1. The molecule has 0 saturated heterocycles. The average molecular weight is 281 g/mol. The summed E-state index contributed by atoms with van der Waals surface area (Å²) in [6, 6.07) is 4.60. The second-order valence-electron chi connectivity index (χ2n) is 2.56. The molecule has 0 unspecified atom stereocenters. The predicted octanol–water partition coefficient (Wildman–Crippen LogP) is 2.50. The van der Waals surface area contributed by atoms with Crippen LogP contribution in [-0.2, 0) is 0 Å². The van der Waals surface area contributed by atoms with Gasteiger partial charge in [0.25, 0.3) is 0 Å². The number of nitrogens with two attached hydrogens (primary N) is 1. The lowest BCUT2D eigenvalue weighted by atomic mass is 10.3. The lowest BCUT2D eigenvalue weighted by Crippen LogP contribution is -2.19. The summed E-state index contributed by atoms with van der Waals surface area (Å²) in [7, 11) is 0. The third-order valence-electron chi connectivity index (χ3n) is 1.36. The van der Waals surface area contributed by atoms with E-state index in [0.29, 0.717) is 5.69 Å². The summed E-state index contributed by atoms with van der Waals surface area (Å²) in [6.45, 7) is 0. The Morgan fingerprint density at radius 2 is 1.93 bits per heavy atom. The average Bonchev–Trinajstić information content (AvgIpc) is 2.05. The summed E-state index contributed by atoms with van der Waals surface area (Å²) in [4.78, 5) is 10.4. The molecule has 0 radical (unpaired) electrons. The third-order valence-corrected chi connectivity index (χ3v) is 1.52. The first-order valence-electron chi connectivity index (χ1n) is 3.79. The number of rotatable bonds is 3. The lowest BCUT2D eigenvalue weighted by Gasteiger charge is -2.11. The van der Waals surface area contributed by atoms with Crippen LogP contribution in [0.15, 0.2) is 24.3 Å². The van der Waals surface area contributed by atoms with Crippen LogP contribution < -0.4 is 15.8 Å². The molecule has 4 nitrogen and oxygen atoms in total. The molecule has 0 aromatic heterocycles. The number of ether oxygens (including phenoxy) is 1. The van der Waals surface area contributed by atoms with Crippen LogP contribution in [0.2, 0.25) is 0 Å². The van der Waals surface area contributed by atoms with Gasteiger partial charge in [0.2, 0.25) is 0 Å². The molecule has 0 aliphatic rings. The van der Waals surface area contributed by atoms with E-state index in [4.69, 9.17) is 5.73 Å². The first kappa shape index (κ1) is 11.7. The summed E-state index contributed by atoms with van der Waals surface area (Å²) in [5.41, 5.74) is 5.25. The van der Waals surface area contributed by atoms with E-state index in [1.807, 2.05) is 15.9 Å². The monoisotopic (exact) mass is 280 g/mol. The highest BCUT2D eigenvalue weighted by Crippen LogP contribution is 2.27. The topological polar surface area (TPSA) is 64.4 Å². The second kappa shape index (κ2) is 4.43. The predicted molar refractivity (Wildman–Crippen MR) is 54.2 cm³/mol.